The van der Waals surface area contributed by atoms with Crippen LogP contribution >= 0.6 is 0 Å². The molecular weight excluding hydrogens is 320 g/mol. The molecule has 0 aromatic rings. The van der Waals surface area contributed by atoms with Crippen molar-refractivity contribution in [3.05, 3.63) is 0 Å². The molecule has 0 aromatic heterocycles. The summed E-state index contributed by atoms with van der Waals surface area (Å²) in [6.07, 6.45) is -4.45. The van der Waals surface area contributed by atoms with Gasteiger partial charge in [-0.05, 0) is 6.42 Å². The highest BCUT2D eigenvalue weighted by molar-refractivity contribution is 5.85. The first kappa shape index (κ1) is 22.7. The van der Waals surface area contributed by atoms with Crippen molar-refractivity contribution in [3.8, 4) is 0 Å². The largest absolute Gasteiger partial charge is 0.394 e. The summed E-state index contributed by atoms with van der Waals surface area (Å²) in [5.74, 6) is -1.26. The van der Waals surface area contributed by atoms with Gasteiger partial charge in [0.05, 0.1) is 12.7 Å². The van der Waals surface area contributed by atoms with Crippen LogP contribution in [0.25, 0.3) is 0 Å². The summed E-state index contributed by atoms with van der Waals surface area (Å²) in [4.78, 5) is 23.6. The Morgan fingerprint density at radius 1 is 1.04 bits per heavy atom. The third kappa shape index (κ3) is 8.02. The number of carbonyl (C=O) groups excluding carboxylic acids is 2. The topological polar surface area (TPSA) is 159 Å². The SMILES string of the molecule is CCCCC(CC(=O)NC)C(=O)NC[C@H](O)[C@@H](O)[C@H](O)[C@H](O)CO. The molecule has 9 heteroatoms. The van der Waals surface area contributed by atoms with Gasteiger partial charge >= 0.3 is 0 Å². The molecule has 0 heterocycles. The highest BCUT2D eigenvalue weighted by atomic mass is 16.4. The van der Waals surface area contributed by atoms with Crippen LogP contribution in [0.1, 0.15) is 32.6 Å². The predicted molar refractivity (Wildman–Crippen MR) is 85.8 cm³/mol. The predicted octanol–water partition coefficient (Wildman–Crippen LogP) is -2.52. The molecule has 7 N–H and O–H groups in total. The van der Waals surface area contributed by atoms with Crippen LogP contribution < -0.4 is 10.6 Å². The Morgan fingerprint density at radius 2 is 1.62 bits per heavy atom. The normalized spacial score (nSPS) is 17.5. The average Bonchev–Trinajstić information content (AvgIpc) is 2.60. The molecule has 0 radical (unpaired) electrons. The van der Waals surface area contributed by atoms with E-state index in [0.717, 1.165) is 12.8 Å². The second kappa shape index (κ2) is 12.2. The Labute approximate surface area is 141 Å². The third-order valence-electron chi connectivity index (χ3n) is 3.80. The van der Waals surface area contributed by atoms with Gasteiger partial charge in [0.2, 0.25) is 11.8 Å². The molecule has 0 fully saturated rings. The second-order valence-electron chi connectivity index (χ2n) is 5.76. The van der Waals surface area contributed by atoms with Crippen LogP contribution in [0.2, 0.25) is 0 Å². The van der Waals surface area contributed by atoms with E-state index in [1.54, 1.807) is 0 Å². The molecule has 1 unspecified atom stereocenters. The minimum atomic E-state index is -1.75. The molecule has 2 amide bonds. The molecule has 0 saturated carbocycles. The summed E-state index contributed by atoms with van der Waals surface area (Å²) in [6.45, 7) is 0.830. The van der Waals surface area contributed by atoms with Crippen molar-refractivity contribution in [1.82, 2.24) is 10.6 Å². The molecular formula is C15H30N2O7. The van der Waals surface area contributed by atoms with Crippen molar-refractivity contribution >= 4 is 11.8 Å². The van der Waals surface area contributed by atoms with E-state index >= 15 is 0 Å². The van der Waals surface area contributed by atoms with E-state index in [-0.39, 0.29) is 18.9 Å². The van der Waals surface area contributed by atoms with Gasteiger partial charge in [-0.3, -0.25) is 9.59 Å². The Hall–Kier alpha value is -1.26. The van der Waals surface area contributed by atoms with Gasteiger partial charge < -0.3 is 36.2 Å². The minimum absolute atomic E-state index is 0.0207. The maximum atomic E-state index is 12.2. The van der Waals surface area contributed by atoms with Gasteiger partial charge in [-0.2, -0.15) is 0 Å². The van der Waals surface area contributed by atoms with Crippen LogP contribution in [0.15, 0.2) is 0 Å². The summed E-state index contributed by atoms with van der Waals surface area (Å²) in [7, 11) is 1.48. The van der Waals surface area contributed by atoms with E-state index in [0.29, 0.717) is 6.42 Å². The molecule has 0 bridgehead atoms. The molecule has 0 saturated heterocycles. The van der Waals surface area contributed by atoms with E-state index in [1.807, 2.05) is 6.92 Å². The van der Waals surface area contributed by atoms with E-state index < -0.39 is 42.8 Å². The van der Waals surface area contributed by atoms with Gasteiger partial charge in [-0.1, -0.05) is 19.8 Å². The number of unbranched alkanes of at least 4 members (excludes halogenated alkanes) is 1. The van der Waals surface area contributed by atoms with Crippen molar-refractivity contribution in [3.63, 3.8) is 0 Å². The zero-order valence-corrected chi connectivity index (χ0v) is 14.2. The van der Waals surface area contributed by atoms with Crippen LogP contribution in [0.4, 0.5) is 0 Å². The number of hydrogen-bond donors (Lipinski definition) is 7. The fourth-order valence-corrected chi connectivity index (χ4v) is 2.14. The number of hydrogen-bond acceptors (Lipinski definition) is 7. The first-order valence-electron chi connectivity index (χ1n) is 8.09. The summed E-state index contributed by atoms with van der Waals surface area (Å²) < 4.78 is 0. The van der Waals surface area contributed by atoms with Crippen molar-refractivity contribution in [1.29, 1.82) is 0 Å². The van der Waals surface area contributed by atoms with E-state index in [1.165, 1.54) is 7.05 Å². The van der Waals surface area contributed by atoms with Gasteiger partial charge in [-0.15, -0.1) is 0 Å². The average molecular weight is 350 g/mol. The molecule has 0 aliphatic heterocycles. The number of aliphatic hydroxyl groups is 5. The fourth-order valence-electron chi connectivity index (χ4n) is 2.14. The van der Waals surface area contributed by atoms with Crippen molar-refractivity contribution in [2.45, 2.75) is 57.0 Å². The first-order chi connectivity index (χ1) is 11.3. The highest BCUT2D eigenvalue weighted by Crippen LogP contribution is 2.13. The van der Waals surface area contributed by atoms with Crippen LogP contribution in [0.5, 0.6) is 0 Å². The van der Waals surface area contributed by atoms with Crippen LogP contribution in [-0.4, -0.2) is 82.0 Å². The van der Waals surface area contributed by atoms with Gasteiger partial charge in [0.15, 0.2) is 0 Å². The maximum absolute atomic E-state index is 12.2. The van der Waals surface area contributed by atoms with Crippen molar-refractivity contribution in [2.24, 2.45) is 5.92 Å². The molecule has 0 aromatic carbocycles. The number of carbonyl (C=O) groups is 2. The summed E-state index contributed by atoms with van der Waals surface area (Å²) in [5, 5.41) is 51.8. The zero-order valence-electron chi connectivity index (χ0n) is 14.2. The number of aliphatic hydroxyl groups excluding tert-OH is 5. The lowest BCUT2D eigenvalue weighted by Gasteiger charge is -2.26. The molecule has 9 nitrogen and oxygen atoms in total. The summed E-state index contributed by atoms with van der Waals surface area (Å²) in [5.41, 5.74) is 0. The number of nitrogens with one attached hydrogen (secondary N) is 2. The Morgan fingerprint density at radius 3 is 2.12 bits per heavy atom. The third-order valence-corrected chi connectivity index (χ3v) is 3.80. The van der Waals surface area contributed by atoms with Gasteiger partial charge in [0.25, 0.3) is 0 Å². The van der Waals surface area contributed by atoms with Gasteiger partial charge in [0.1, 0.15) is 18.3 Å². The first-order valence-corrected chi connectivity index (χ1v) is 8.09. The lowest BCUT2D eigenvalue weighted by molar-refractivity contribution is -0.132. The minimum Gasteiger partial charge on any atom is -0.394 e. The molecule has 0 spiro atoms. The standard InChI is InChI=1S/C15H30N2O7/c1-3-4-5-9(6-12(21)16-2)15(24)17-7-10(19)13(22)14(23)11(20)8-18/h9-11,13-14,18-20,22-23H,3-8H2,1-2H3,(H,16,21)(H,17,24)/t9?,10-,11+,13+,14+/m0/s1. The maximum Gasteiger partial charge on any atom is 0.223 e. The van der Waals surface area contributed by atoms with Crippen LogP contribution in [0, 0.1) is 5.92 Å². The van der Waals surface area contributed by atoms with Crippen LogP contribution in [0.3, 0.4) is 0 Å². The van der Waals surface area contributed by atoms with Crippen molar-refractivity contribution in [2.75, 3.05) is 20.2 Å². The molecule has 142 valence electrons. The number of rotatable bonds is 12. The molecule has 0 aliphatic carbocycles. The molecule has 0 aliphatic rings. The van der Waals surface area contributed by atoms with Crippen molar-refractivity contribution < 1.29 is 35.1 Å². The van der Waals surface area contributed by atoms with E-state index in [2.05, 4.69) is 10.6 Å². The van der Waals surface area contributed by atoms with Gasteiger partial charge in [-0.25, -0.2) is 0 Å². The molecule has 5 atom stereocenters. The lowest BCUT2D eigenvalue weighted by atomic mass is 9.96. The quantitative estimate of drug-likeness (QED) is 0.204. The van der Waals surface area contributed by atoms with Gasteiger partial charge in [0, 0.05) is 25.9 Å². The molecule has 24 heavy (non-hydrogen) atoms. The zero-order chi connectivity index (χ0) is 18.7. The Bertz CT molecular complexity index is 381. The fraction of sp³-hybridized carbons (Fsp3) is 0.867. The van der Waals surface area contributed by atoms with Crippen LogP contribution in [-0.2, 0) is 9.59 Å². The Balaban J connectivity index is 4.55. The smallest absolute Gasteiger partial charge is 0.223 e. The number of amides is 2. The Kier molecular flexibility index (Phi) is 11.5. The highest BCUT2D eigenvalue weighted by Gasteiger charge is 2.30. The summed E-state index contributed by atoms with van der Waals surface area (Å²) in [6, 6.07) is 0. The monoisotopic (exact) mass is 350 g/mol. The van der Waals surface area contributed by atoms with E-state index in [4.69, 9.17) is 5.11 Å². The summed E-state index contributed by atoms with van der Waals surface area (Å²) >= 11 is 0. The van der Waals surface area contributed by atoms with E-state index in [9.17, 15) is 30.0 Å². The lowest BCUT2D eigenvalue weighted by Crippen LogP contribution is -2.50. The second-order valence-corrected chi connectivity index (χ2v) is 5.76. The molecule has 0 rings (SSSR count).